The predicted octanol–water partition coefficient (Wildman–Crippen LogP) is 3.33. The fraction of sp³-hybridized carbons (Fsp3) is 0.750. The minimum Gasteiger partial charge on any atom is -0.312 e. The maximum atomic E-state index is 13.9. The van der Waals surface area contributed by atoms with Crippen LogP contribution >= 0.6 is 0 Å². The van der Waals surface area contributed by atoms with Gasteiger partial charge in [0, 0.05) is 50.7 Å². The molecule has 3 fully saturated rings. The molecule has 2 aromatic rings. The molecule has 0 bridgehead atoms. The maximum absolute atomic E-state index is 13.9. The summed E-state index contributed by atoms with van der Waals surface area (Å²) in [5.74, 6) is 0.766. The van der Waals surface area contributed by atoms with Gasteiger partial charge in [-0.2, -0.15) is 0 Å². The lowest BCUT2D eigenvalue weighted by atomic mass is 9.88. The lowest BCUT2D eigenvalue weighted by Crippen LogP contribution is -2.49. The van der Waals surface area contributed by atoms with Crippen molar-refractivity contribution in [2.75, 3.05) is 39.0 Å². The second kappa shape index (κ2) is 12.0. The van der Waals surface area contributed by atoms with E-state index in [1.54, 1.807) is 0 Å². The standard InChI is InChI=1S/C28H45N5O3S/c1-37(35,36)30-18-23-20-31(19-22-10-5-3-2-4-6-11-22)17-15-25(23)33-27-14-8-7-13-26(27)32(28(33)34)21-24-12-9-16-29-24/h7-8,13-14,22-25,29-30H,2-6,9-12,15-21H2,1H3/t23-,24+,25-/m1/s1. The Balaban J connectivity index is 1.41. The van der Waals surface area contributed by atoms with Crippen LogP contribution in [0.25, 0.3) is 11.0 Å². The molecule has 2 N–H and O–H groups in total. The van der Waals surface area contributed by atoms with Gasteiger partial charge in [0.1, 0.15) is 0 Å². The number of rotatable bonds is 8. The highest BCUT2D eigenvalue weighted by molar-refractivity contribution is 7.88. The van der Waals surface area contributed by atoms with Crippen molar-refractivity contribution in [3.8, 4) is 0 Å². The minimum atomic E-state index is -3.32. The third-order valence-electron chi connectivity index (χ3n) is 8.89. The number of para-hydroxylation sites is 2. The third kappa shape index (κ3) is 6.67. The quantitative estimate of drug-likeness (QED) is 0.546. The number of imidazole rings is 1. The van der Waals surface area contributed by atoms with E-state index < -0.39 is 10.0 Å². The Labute approximate surface area is 221 Å². The molecule has 37 heavy (non-hydrogen) atoms. The molecule has 1 saturated carbocycles. The first-order valence-electron chi connectivity index (χ1n) is 14.5. The summed E-state index contributed by atoms with van der Waals surface area (Å²) in [4.78, 5) is 16.5. The molecule has 1 aliphatic carbocycles. The minimum absolute atomic E-state index is 0.0296. The van der Waals surface area contributed by atoms with E-state index in [9.17, 15) is 13.2 Å². The number of fused-ring (bicyclic) bond motifs is 1. The summed E-state index contributed by atoms with van der Waals surface area (Å²) < 4.78 is 30.8. The van der Waals surface area contributed by atoms with Crippen LogP contribution < -0.4 is 15.7 Å². The van der Waals surface area contributed by atoms with E-state index in [1.165, 1.54) is 51.2 Å². The number of hydrogen-bond acceptors (Lipinski definition) is 5. The van der Waals surface area contributed by atoms with E-state index in [2.05, 4.69) is 27.1 Å². The Hall–Kier alpha value is -1.68. The number of piperidine rings is 1. The van der Waals surface area contributed by atoms with Crippen LogP contribution in [0.1, 0.15) is 70.3 Å². The molecule has 0 unspecified atom stereocenters. The second-order valence-corrected chi connectivity index (χ2v) is 13.6. The fourth-order valence-corrected chi connectivity index (χ4v) is 7.53. The Morgan fingerprint density at radius 2 is 1.68 bits per heavy atom. The van der Waals surface area contributed by atoms with Crippen molar-refractivity contribution in [2.24, 2.45) is 11.8 Å². The van der Waals surface area contributed by atoms with Crippen molar-refractivity contribution in [3.63, 3.8) is 0 Å². The van der Waals surface area contributed by atoms with Gasteiger partial charge in [0.2, 0.25) is 10.0 Å². The first-order valence-corrected chi connectivity index (χ1v) is 16.4. The fourth-order valence-electron chi connectivity index (χ4n) is 7.01. The van der Waals surface area contributed by atoms with Crippen LogP contribution in [0.15, 0.2) is 29.1 Å². The van der Waals surface area contributed by atoms with E-state index in [0.29, 0.717) is 19.1 Å². The van der Waals surface area contributed by atoms with Crippen LogP contribution in [0.4, 0.5) is 0 Å². The molecule has 9 heteroatoms. The number of benzene rings is 1. The highest BCUT2D eigenvalue weighted by Gasteiger charge is 2.34. The van der Waals surface area contributed by atoms with Crippen LogP contribution in [0.5, 0.6) is 0 Å². The highest BCUT2D eigenvalue weighted by Crippen LogP contribution is 2.32. The number of nitrogens with zero attached hydrogens (tertiary/aromatic N) is 3. The van der Waals surface area contributed by atoms with E-state index in [4.69, 9.17) is 0 Å². The normalized spacial score (nSPS) is 26.9. The van der Waals surface area contributed by atoms with Crippen LogP contribution in [-0.4, -0.2) is 67.5 Å². The molecule has 3 heterocycles. The van der Waals surface area contributed by atoms with Crippen molar-refractivity contribution in [2.45, 2.75) is 82.8 Å². The van der Waals surface area contributed by atoms with Crippen LogP contribution in [0, 0.1) is 11.8 Å². The largest absolute Gasteiger partial charge is 0.329 e. The Bertz CT molecular complexity index is 1190. The monoisotopic (exact) mass is 531 g/mol. The van der Waals surface area contributed by atoms with Gasteiger partial charge in [-0.15, -0.1) is 0 Å². The van der Waals surface area contributed by atoms with Gasteiger partial charge in [-0.05, 0) is 56.7 Å². The molecule has 0 radical (unpaired) electrons. The van der Waals surface area contributed by atoms with Crippen molar-refractivity contribution in [1.82, 2.24) is 24.1 Å². The van der Waals surface area contributed by atoms with E-state index in [-0.39, 0.29) is 17.6 Å². The second-order valence-electron chi connectivity index (χ2n) is 11.8. The zero-order valence-electron chi connectivity index (χ0n) is 22.4. The molecule has 206 valence electrons. The van der Waals surface area contributed by atoms with Gasteiger partial charge in [-0.3, -0.25) is 9.13 Å². The van der Waals surface area contributed by atoms with Gasteiger partial charge in [0.15, 0.2) is 0 Å². The van der Waals surface area contributed by atoms with E-state index in [1.807, 2.05) is 21.3 Å². The number of nitrogens with one attached hydrogen (secondary N) is 2. The van der Waals surface area contributed by atoms with Crippen molar-refractivity contribution >= 4 is 21.1 Å². The number of sulfonamides is 1. The summed E-state index contributed by atoms with van der Waals surface area (Å²) >= 11 is 0. The smallest absolute Gasteiger partial charge is 0.312 e. The van der Waals surface area contributed by atoms with Gasteiger partial charge >= 0.3 is 5.69 Å². The highest BCUT2D eigenvalue weighted by atomic mass is 32.2. The SMILES string of the molecule is CS(=O)(=O)NC[C@@H]1CN(CC2CCCCCCC2)CC[C@H]1n1c(=O)n(C[C@@H]2CCCN2)c2ccccc21. The molecule has 3 atom stereocenters. The molecule has 1 aromatic heterocycles. The van der Waals surface area contributed by atoms with Gasteiger partial charge in [-0.1, -0.05) is 44.2 Å². The summed E-state index contributed by atoms with van der Waals surface area (Å²) in [6.45, 7) is 4.91. The van der Waals surface area contributed by atoms with Crippen LogP contribution in [0.3, 0.4) is 0 Å². The van der Waals surface area contributed by atoms with Crippen LogP contribution in [0.2, 0.25) is 0 Å². The summed E-state index contributed by atoms with van der Waals surface area (Å²) in [5, 5.41) is 3.53. The molecule has 8 nitrogen and oxygen atoms in total. The van der Waals surface area contributed by atoms with Crippen molar-refractivity contribution < 1.29 is 8.42 Å². The molecule has 0 amide bonds. The van der Waals surface area contributed by atoms with E-state index in [0.717, 1.165) is 62.4 Å². The zero-order valence-corrected chi connectivity index (χ0v) is 23.2. The van der Waals surface area contributed by atoms with Gasteiger partial charge in [0.25, 0.3) is 0 Å². The Morgan fingerprint density at radius 3 is 2.38 bits per heavy atom. The third-order valence-corrected chi connectivity index (χ3v) is 9.58. The van der Waals surface area contributed by atoms with Gasteiger partial charge < -0.3 is 10.2 Å². The summed E-state index contributed by atoms with van der Waals surface area (Å²) in [7, 11) is -3.32. The molecule has 2 saturated heterocycles. The zero-order chi connectivity index (χ0) is 25.8. The lowest BCUT2D eigenvalue weighted by molar-refractivity contribution is 0.103. The summed E-state index contributed by atoms with van der Waals surface area (Å²) in [6.07, 6.45) is 13.6. The average Bonchev–Trinajstić information content (AvgIpc) is 3.46. The molecule has 1 aromatic carbocycles. The first kappa shape index (κ1) is 26.9. The van der Waals surface area contributed by atoms with Gasteiger partial charge in [0.05, 0.1) is 17.3 Å². The first-order chi connectivity index (χ1) is 17.9. The van der Waals surface area contributed by atoms with Crippen molar-refractivity contribution in [3.05, 3.63) is 34.7 Å². The molecule has 2 aliphatic heterocycles. The number of likely N-dealkylation sites (tertiary alicyclic amines) is 1. The number of hydrogen-bond donors (Lipinski definition) is 2. The van der Waals surface area contributed by atoms with Crippen molar-refractivity contribution in [1.29, 1.82) is 0 Å². The van der Waals surface area contributed by atoms with E-state index >= 15 is 0 Å². The maximum Gasteiger partial charge on any atom is 0.329 e. The van der Waals surface area contributed by atoms with Crippen LogP contribution in [-0.2, 0) is 16.6 Å². The van der Waals surface area contributed by atoms with Gasteiger partial charge in [-0.25, -0.2) is 17.9 Å². The summed E-state index contributed by atoms with van der Waals surface area (Å²) in [5.41, 5.74) is 1.99. The Morgan fingerprint density at radius 1 is 0.946 bits per heavy atom. The molecular weight excluding hydrogens is 486 g/mol. The predicted molar refractivity (Wildman–Crippen MR) is 149 cm³/mol. The molecule has 3 aliphatic rings. The lowest BCUT2D eigenvalue weighted by Gasteiger charge is -2.40. The molecular formula is C28H45N5O3S. The Kier molecular flexibility index (Phi) is 8.74. The molecule has 5 rings (SSSR count). The molecule has 0 spiro atoms. The topological polar surface area (TPSA) is 88.4 Å². The number of aromatic nitrogens is 2. The average molecular weight is 532 g/mol. The summed E-state index contributed by atoms with van der Waals surface area (Å²) in [6, 6.07) is 8.41.